The van der Waals surface area contributed by atoms with Gasteiger partial charge >= 0.3 is 0 Å². The van der Waals surface area contributed by atoms with E-state index in [0.29, 0.717) is 5.69 Å². The number of carbonyl (C=O) groups excluding carboxylic acids is 1. The summed E-state index contributed by atoms with van der Waals surface area (Å²) < 4.78 is 45.1. The first-order valence-electron chi connectivity index (χ1n) is 10.1. The van der Waals surface area contributed by atoms with Crippen molar-refractivity contribution in [2.45, 2.75) is 51.2 Å². The Balaban J connectivity index is 1.74. The normalized spacial score (nSPS) is 15.6. The van der Waals surface area contributed by atoms with Gasteiger partial charge in [0.05, 0.1) is 18.0 Å². The van der Waals surface area contributed by atoms with E-state index < -0.39 is 27.8 Å². The van der Waals surface area contributed by atoms with E-state index in [2.05, 4.69) is 5.32 Å². The molecule has 1 aliphatic carbocycles. The lowest BCUT2D eigenvalue weighted by Gasteiger charge is -2.30. The second kappa shape index (κ2) is 9.47. The summed E-state index contributed by atoms with van der Waals surface area (Å²) in [4.78, 5) is 12.9. The molecular weight excluding hydrogens is 407 g/mol. The van der Waals surface area contributed by atoms with Crippen molar-refractivity contribution in [3.63, 3.8) is 0 Å². The smallest absolute Gasteiger partial charge is 0.248 e. The summed E-state index contributed by atoms with van der Waals surface area (Å²) in [5.74, 6) is -0.197. The molecule has 162 valence electrons. The number of amides is 1. The molecule has 1 atom stereocenters. The Morgan fingerprint density at radius 3 is 2.27 bits per heavy atom. The first kappa shape index (κ1) is 22.1. The molecule has 8 heteroatoms. The maximum atomic E-state index is 13.3. The lowest BCUT2D eigenvalue weighted by molar-refractivity contribution is -0.117. The van der Waals surface area contributed by atoms with Crippen LogP contribution in [0.5, 0.6) is 5.75 Å². The number of sulfonamides is 1. The van der Waals surface area contributed by atoms with Crippen LogP contribution in [0.1, 0.15) is 39.0 Å². The Kier molecular flexibility index (Phi) is 6.97. The number of hydrogen-bond acceptors (Lipinski definition) is 4. The number of carbonyl (C=O) groups is 1. The maximum absolute atomic E-state index is 13.3. The zero-order chi connectivity index (χ0) is 21.7. The van der Waals surface area contributed by atoms with E-state index in [1.165, 1.54) is 37.1 Å². The number of hydrogen-bond donors (Lipinski definition) is 1. The predicted octanol–water partition coefficient (Wildman–Crippen LogP) is 4.33. The topological polar surface area (TPSA) is 75.7 Å². The van der Waals surface area contributed by atoms with Crippen molar-refractivity contribution in [3.05, 3.63) is 54.3 Å². The summed E-state index contributed by atoms with van der Waals surface area (Å²) in [5.41, 5.74) is 0.783. The molecule has 6 nitrogen and oxygen atoms in total. The maximum Gasteiger partial charge on any atom is 0.248 e. The van der Waals surface area contributed by atoms with Gasteiger partial charge in [0.25, 0.3) is 0 Å². The van der Waals surface area contributed by atoms with Crippen LogP contribution in [-0.2, 0) is 14.8 Å². The van der Waals surface area contributed by atoms with Gasteiger partial charge in [-0.25, -0.2) is 12.8 Å². The van der Waals surface area contributed by atoms with Gasteiger partial charge in [-0.15, -0.1) is 0 Å². The fourth-order valence-electron chi connectivity index (χ4n) is 3.69. The molecule has 30 heavy (non-hydrogen) atoms. The fourth-order valence-corrected chi connectivity index (χ4v) is 4.90. The van der Waals surface area contributed by atoms with Crippen molar-refractivity contribution in [2.24, 2.45) is 0 Å². The third-order valence-corrected chi connectivity index (χ3v) is 6.32. The van der Waals surface area contributed by atoms with Crippen LogP contribution in [0.15, 0.2) is 48.5 Å². The molecule has 0 radical (unpaired) electrons. The molecule has 1 fully saturated rings. The largest absolute Gasteiger partial charge is 0.490 e. The van der Waals surface area contributed by atoms with Crippen LogP contribution in [0.2, 0.25) is 0 Å². The van der Waals surface area contributed by atoms with Crippen molar-refractivity contribution in [3.8, 4) is 5.75 Å². The van der Waals surface area contributed by atoms with Gasteiger partial charge in [0.15, 0.2) is 0 Å². The highest BCUT2D eigenvalue weighted by atomic mass is 32.2. The molecule has 0 bridgehead atoms. The number of rotatable bonds is 8. The number of halogens is 1. The van der Waals surface area contributed by atoms with Gasteiger partial charge in [0, 0.05) is 5.69 Å². The van der Waals surface area contributed by atoms with Crippen LogP contribution in [-0.4, -0.2) is 32.7 Å². The Morgan fingerprint density at radius 2 is 1.73 bits per heavy atom. The number of nitrogens with one attached hydrogen (secondary N) is 1. The predicted molar refractivity (Wildman–Crippen MR) is 116 cm³/mol. The zero-order valence-electron chi connectivity index (χ0n) is 17.2. The van der Waals surface area contributed by atoms with Gasteiger partial charge in [0.2, 0.25) is 15.9 Å². The standard InChI is InChI=1S/C22H27FN2O4S/c1-3-21(25(30(2,27)28)18-12-8-16(23)9-13-18)22(26)24-17-10-14-20(15-11-17)29-19-6-4-5-7-19/h8-15,19,21H,3-7H2,1-2H3,(H,24,26)/t21-/m0/s1. The minimum atomic E-state index is -3.77. The summed E-state index contributed by atoms with van der Waals surface area (Å²) in [7, 11) is -3.77. The van der Waals surface area contributed by atoms with Crippen LogP contribution >= 0.6 is 0 Å². The highest BCUT2D eigenvalue weighted by molar-refractivity contribution is 7.92. The second-order valence-corrected chi connectivity index (χ2v) is 9.36. The highest BCUT2D eigenvalue weighted by Gasteiger charge is 2.31. The van der Waals surface area contributed by atoms with Crippen LogP contribution in [0.25, 0.3) is 0 Å². The molecule has 0 unspecified atom stereocenters. The molecule has 0 heterocycles. The van der Waals surface area contributed by atoms with Gasteiger partial charge in [-0.05, 0) is 80.6 Å². The molecule has 2 aromatic carbocycles. The molecule has 0 spiro atoms. The van der Waals surface area contributed by atoms with E-state index in [4.69, 9.17) is 4.74 Å². The molecule has 0 aromatic heterocycles. The number of ether oxygens (including phenoxy) is 1. The summed E-state index contributed by atoms with van der Waals surface area (Å²) in [6.07, 6.45) is 6.00. The molecule has 3 rings (SSSR count). The molecule has 0 aliphatic heterocycles. The molecule has 1 saturated carbocycles. The SMILES string of the molecule is CC[C@@H](C(=O)Nc1ccc(OC2CCCC2)cc1)N(c1ccc(F)cc1)S(C)(=O)=O. The molecule has 1 N–H and O–H groups in total. The third-order valence-electron chi connectivity index (χ3n) is 5.14. The number of anilines is 2. The van der Waals surface area contributed by atoms with Crippen molar-refractivity contribution in [2.75, 3.05) is 15.9 Å². The van der Waals surface area contributed by atoms with Crippen molar-refractivity contribution >= 4 is 27.3 Å². The highest BCUT2D eigenvalue weighted by Crippen LogP contribution is 2.26. The van der Waals surface area contributed by atoms with Crippen molar-refractivity contribution < 1.29 is 22.3 Å². The summed E-state index contributed by atoms with van der Waals surface area (Å²) in [5, 5.41) is 2.77. The van der Waals surface area contributed by atoms with Crippen LogP contribution in [0, 0.1) is 5.82 Å². The Hall–Kier alpha value is -2.61. The minimum Gasteiger partial charge on any atom is -0.490 e. The van der Waals surface area contributed by atoms with E-state index in [9.17, 15) is 17.6 Å². The van der Waals surface area contributed by atoms with Crippen molar-refractivity contribution in [1.29, 1.82) is 0 Å². The van der Waals surface area contributed by atoms with Gasteiger partial charge in [-0.2, -0.15) is 0 Å². The molecule has 0 saturated heterocycles. The molecule has 1 aliphatic rings. The van der Waals surface area contributed by atoms with Gasteiger partial charge < -0.3 is 10.1 Å². The number of benzene rings is 2. The van der Waals surface area contributed by atoms with Crippen LogP contribution in [0.3, 0.4) is 0 Å². The molecule has 1 amide bonds. The lowest BCUT2D eigenvalue weighted by Crippen LogP contribution is -2.47. The van der Waals surface area contributed by atoms with Gasteiger partial charge in [-0.1, -0.05) is 6.92 Å². The molecule has 2 aromatic rings. The summed E-state index contributed by atoms with van der Waals surface area (Å²) in [6.45, 7) is 1.73. The first-order chi connectivity index (χ1) is 14.3. The van der Waals surface area contributed by atoms with E-state index in [0.717, 1.165) is 29.2 Å². The Bertz CT molecular complexity index is 956. The third kappa shape index (κ3) is 5.50. The number of nitrogens with zero attached hydrogens (tertiary/aromatic N) is 1. The summed E-state index contributed by atoms with van der Waals surface area (Å²) in [6, 6.07) is 11.1. The molecular formula is C22H27FN2O4S. The lowest BCUT2D eigenvalue weighted by atomic mass is 10.1. The van der Waals surface area contributed by atoms with Gasteiger partial charge in [0.1, 0.15) is 17.6 Å². The average Bonchev–Trinajstić information content (AvgIpc) is 3.20. The first-order valence-corrected chi connectivity index (χ1v) is 12.0. The van der Waals surface area contributed by atoms with Crippen LogP contribution in [0.4, 0.5) is 15.8 Å². The van der Waals surface area contributed by atoms with Crippen LogP contribution < -0.4 is 14.4 Å². The van der Waals surface area contributed by atoms with E-state index >= 15 is 0 Å². The zero-order valence-corrected chi connectivity index (χ0v) is 18.0. The Morgan fingerprint density at radius 1 is 1.13 bits per heavy atom. The van der Waals surface area contributed by atoms with Gasteiger partial charge in [-0.3, -0.25) is 9.10 Å². The second-order valence-electron chi connectivity index (χ2n) is 7.50. The average molecular weight is 435 g/mol. The van der Waals surface area contributed by atoms with E-state index in [-0.39, 0.29) is 18.2 Å². The summed E-state index contributed by atoms with van der Waals surface area (Å²) >= 11 is 0. The minimum absolute atomic E-state index is 0.237. The fraction of sp³-hybridized carbons (Fsp3) is 0.409. The monoisotopic (exact) mass is 434 g/mol. The van der Waals surface area contributed by atoms with Crippen molar-refractivity contribution in [1.82, 2.24) is 0 Å². The van der Waals surface area contributed by atoms with E-state index in [1.54, 1.807) is 31.2 Å². The quantitative estimate of drug-likeness (QED) is 0.671. The van der Waals surface area contributed by atoms with E-state index in [1.807, 2.05) is 0 Å². The Labute approximate surface area is 177 Å².